The second-order valence-electron chi connectivity index (χ2n) is 13.4. The van der Waals surface area contributed by atoms with Crippen molar-refractivity contribution >= 4 is 17.7 Å². The van der Waals surface area contributed by atoms with E-state index < -0.39 is 12.0 Å². The molecule has 0 aliphatic heterocycles. The highest BCUT2D eigenvalue weighted by Crippen LogP contribution is 2.68. The van der Waals surface area contributed by atoms with Gasteiger partial charge in [0, 0.05) is 25.8 Å². The van der Waals surface area contributed by atoms with Crippen LogP contribution in [0.5, 0.6) is 0 Å². The number of carboxylic acids is 1. The van der Waals surface area contributed by atoms with Crippen LogP contribution < -0.4 is 11.1 Å². The number of nitrogens with one attached hydrogen (secondary N) is 1. The summed E-state index contributed by atoms with van der Waals surface area (Å²) in [5, 5.41) is 11.9. The SMILES string of the molecule is C[C@H](CCC(=O)NCCCC[C@H](N)C(=O)O)C1CCC2C3CCC4CC(=O)CC[C@@]4(C)C3CC[C@]21C. The molecule has 0 heterocycles. The number of Topliss-reactive ketones (excluding diaryl/α,β-unsaturated/α-hetero) is 1. The summed E-state index contributed by atoms with van der Waals surface area (Å²) in [7, 11) is 0. The molecule has 0 aromatic heterocycles. The molecule has 4 aliphatic rings. The number of rotatable bonds is 10. The predicted molar refractivity (Wildman–Crippen MR) is 141 cm³/mol. The number of hydrogen-bond donors (Lipinski definition) is 3. The molecule has 0 aromatic carbocycles. The normalized spacial score (nSPS) is 39.4. The Hall–Kier alpha value is -1.43. The number of aliphatic carboxylic acids is 1. The van der Waals surface area contributed by atoms with E-state index >= 15 is 0 Å². The number of amides is 1. The van der Waals surface area contributed by atoms with E-state index in [1.54, 1.807) is 0 Å². The third kappa shape index (κ3) is 5.39. The highest BCUT2D eigenvalue weighted by molar-refractivity contribution is 5.79. The second-order valence-corrected chi connectivity index (χ2v) is 13.4. The number of unbranched alkanes of at least 4 members (excludes halogenated alkanes) is 1. The quantitative estimate of drug-likeness (QED) is 0.350. The van der Waals surface area contributed by atoms with Crippen LogP contribution in [0.15, 0.2) is 0 Å². The summed E-state index contributed by atoms with van der Waals surface area (Å²) in [5.41, 5.74) is 6.30. The van der Waals surface area contributed by atoms with Crippen LogP contribution in [-0.4, -0.2) is 35.4 Å². The van der Waals surface area contributed by atoms with Crippen molar-refractivity contribution in [3.05, 3.63) is 0 Å². The summed E-state index contributed by atoms with van der Waals surface area (Å²) in [6.45, 7) is 8.06. The molecule has 6 nitrogen and oxygen atoms in total. The van der Waals surface area contributed by atoms with E-state index in [4.69, 9.17) is 10.8 Å². The molecule has 4 aliphatic carbocycles. The van der Waals surface area contributed by atoms with E-state index in [1.165, 1.54) is 38.5 Å². The van der Waals surface area contributed by atoms with Gasteiger partial charge in [-0.25, -0.2) is 0 Å². The van der Waals surface area contributed by atoms with E-state index in [0.717, 1.165) is 49.9 Å². The molecular weight excluding hydrogens is 452 g/mol. The molecule has 0 aromatic rings. The molecule has 4 rings (SSSR count). The first-order valence-corrected chi connectivity index (χ1v) is 14.8. The maximum atomic E-state index is 12.5. The van der Waals surface area contributed by atoms with Gasteiger partial charge in [-0.15, -0.1) is 0 Å². The first kappa shape index (κ1) is 27.6. The average molecular weight is 503 g/mol. The van der Waals surface area contributed by atoms with Gasteiger partial charge < -0.3 is 16.2 Å². The molecular formula is C30H50N2O4. The van der Waals surface area contributed by atoms with Crippen molar-refractivity contribution in [3.63, 3.8) is 0 Å². The number of fused-ring (bicyclic) bond motifs is 5. The van der Waals surface area contributed by atoms with E-state index in [-0.39, 0.29) is 5.91 Å². The van der Waals surface area contributed by atoms with Crippen molar-refractivity contribution in [1.82, 2.24) is 5.32 Å². The van der Waals surface area contributed by atoms with Gasteiger partial charge in [-0.3, -0.25) is 14.4 Å². The Labute approximate surface area is 217 Å². The van der Waals surface area contributed by atoms with Gasteiger partial charge in [0.25, 0.3) is 0 Å². The maximum absolute atomic E-state index is 12.5. The minimum atomic E-state index is -0.961. The Morgan fingerprint density at radius 1 is 1.03 bits per heavy atom. The molecule has 0 radical (unpaired) electrons. The van der Waals surface area contributed by atoms with Gasteiger partial charge in [0.05, 0.1) is 0 Å². The van der Waals surface area contributed by atoms with E-state index in [2.05, 4.69) is 26.1 Å². The Kier molecular flexibility index (Phi) is 8.53. The largest absolute Gasteiger partial charge is 0.480 e. The monoisotopic (exact) mass is 502 g/mol. The Bertz CT molecular complexity index is 830. The van der Waals surface area contributed by atoms with Crippen LogP contribution in [0, 0.1) is 46.3 Å². The molecule has 36 heavy (non-hydrogen) atoms. The molecule has 4 saturated carbocycles. The highest BCUT2D eigenvalue weighted by atomic mass is 16.4. The fourth-order valence-corrected chi connectivity index (χ4v) is 9.51. The van der Waals surface area contributed by atoms with Gasteiger partial charge in [0.15, 0.2) is 0 Å². The summed E-state index contributed by atoms with van der Waals surface area (Å²) in [6, 6.07) is -0.807. The smallest absolute Gasteiger partial charge is 0.320 e. The van der Waals surface area contributed by atoms with Crippen LogP contribution in [0.3, 0.4) is 0 Å². The fraction of sp³-hybridized carbons (Fsp3) is 0.900. The van der Waals surface area contributed by atoms with Crippen LogP contribution in [0.25, 0.3) is 0 Å². The summed E-state index contributed by atoms with van der Waals surface area (Å²) < 4.78 is 0. The lowest BCUT2D eigenvalue weighted by molar-refractivity contribution is -0.140. The van der Waals surface area contributed by atoms with Crippen LogP contribution in [0.2, 0.25) is 0 Å². The van der Waals surface area contributed by atoms with E-state index in [9.17, 15) is 14.4 Å². The number of nitrogens with two attached hydrogens (primary N) is 1. The third-order valence-electron chi connectivity index (χ3n) is 11.7. The molecule has 204 valence electrons. The van der Waals surface area contributed by atoms with Gasteiger partial charge in [-0.2, -0.15) is 0 Å². The number of carbonyl (C=O) groups is 3. The van der Waals surface area contributed by atoms with Gasteiger partial charge in [0.2, 0.25) is 5.91 Å². The molecule has 0 saturated heterocycles. The maximum Gasteiger partial charge on any atom is 0.320 e. The van der Waals surface area contributed by atoms with Crippen LogP contribution in [0.4, 0.5) is 0 Å². The molecule has 6 heteroatoms. The zero-order chi connectivity index (χ0) is 26.1. The van der Waals surface area contributed by atoms with Crippen molar-refractivity contribution in [2.45, 2.75) is 117 Å². The van der Waals surface area contributed by atoms with Crippen molar-refractivity contribution in [2.75, 3.05) is 6.54 Å². The predicted octanol–water partition coefficient (Wildman–Crippen LogP) is 5.33. The van der Waals surface area contributed by atoms with Crippen LogP contribution in [0.1, 0.15) is 111 Å². The van der Waals surface area contributed by atoms with Crippen LogP contribution in [-0.2, 0) is 14.4 Å². The van der Waals surface area contributed by atoms with Gasteiger partial charge in [-0.05, 0) is 117 Å². The number of carbonyl (C=O) groups excluding carboxylic acids is 2. The van der Waals surface area contributed by atoms with Crippen LogP contribution >= 0.6 is 0 Å². The number of hydrogen-bond acceptors (Lipinski definition) is 4. The third-order valence-corrected chi connectivity index (χ3v) is 11.7. The molecule has 4 N–H and O–H groups in total. The molecule has 0 spiro atoms. The zero-order valence-corrected chi connectivity index (χ0v) is 22.9. The fourth-order valence-electron chi connectivity index (χ4n) is 9.51. The zero-order valence-electron chi connectivity index (χ0n) is 22.9. The lowest BCUT2D eigenvalue weighted by Crippen LogP contribution is -2.53. The summed E-state index contributed by atoms with van der Waals surface area (Å²) >= 11 is 0. The van der Waals surface area contributed by atoms with Crippen molar-refractivity contribution in [3.8, 4) is 0 Å². The minimum absolute atomic E-state index is 0.117. The van der Waals surface area contributed by atoms with Crippen molar-refractivity contribution in [1.29, 1.82) is 0 Å². The Morgan fingerprint density at radius 2 is 1.78 bits per heavy atom. The summed E-state index contributed by atoms with van der Waals surface area (Å²) in [6.07, 6.45) is 14.0. The first-order chi connectivity index (χ1) is 17.1. The Balaban J connectivity index is 1.25. The van der Waals surface area contributed by atoms with Gasteiger partial charge >= 0.3 is 5.97 Å². The second kappa shape index (κ2) is 11.1. The van der Waals surface area contributed by atoms with E-state index in [1.807, 2.05) is 0 Å². The molecule has 9 atom stereocenters. The topological polar surface area (TPSA) is 109 Å². The lowest BCUT2D eigenvalue weighted by Gasteiger charge is -2.60. The standard InChI is InChI=1S/C30H50N2O4/c1-19(7-12-27(34)32-17-5-4-6-26(31)28(35)36)23-10-11-24-22-9-8-20-18-21(33)13-15-29(20,2)25(22)14-16-30(23,24)3/h19-20,22-26H,4-18,31H2,1-3H3,(H,32,34)(H,35,36)/t19-,20?,22?,23?,24?,25?,26+,29-,30+/m1/s1. The summed E-state index contributed by atoms with van der Waals surface area (Å²) in [5.74, 6) is 3.96. The molecule has 4 fully saturated rings. The first-order valence-electron chi connectivity index (χ1n) is 14.8. The van der Waals surface area contributed by atoms with E-state index in [0.29, 0.717) is 60.2 Å². The molecule has 5 unspecified atom stereocenters. The summed E-state index contributed by atoms with van der Waals surface area (Å²) in [4.78, 5) is 35.4. The lowest BCUT2D eigenvalue weighted by atomic mass is 9.44. The molecule has 0 bridgehead atoms. The minimum Gasteiger partial charge on any atom is -0.480 e. The van der Waals surface area contributed by atoms with Gasteiger partial charge in [0.1, 0.15) is 11.8 Å². The van der Waals surface area contributed by atoms with Crippen molar-refractivity contribution < 1.29 is 19.5 Å². The Morgan fingerprint density at radius 3 is 2.53 bits per heavy atom. The average Bonchev–Trinajstić information content (AvgIpc) is 3.19. The number of ketones is 1. The number of carboxylic acid groups (broad SMARTS) is 1. The van der Waals surface area contributed by atoms with Crippen molar-refractivity contribution in [2.24, 2.45) is 52.1 Å². The highest BCUT2D eigenvalue weighted by Gasteiger charge is 2.60. The van der Waals surface area contributed by atoms with Gasteiger partial charge in [-0.1, -0.05) is 20.8 Å². The molecule has 1 amide bonds.